The Balaban J connectivity index is 1.66. The largest absolute Gasteiger partial charge is 0.497 e. The van der Waals surface area contributed by atoms with Gasteiger partial charge < -0.3 is 9.47 Å². The minimum absolute atomic E-state index is 0.752. The zero-order valence-electron chi connectivity index (χ0n) is 16.2. The minimum Gasteiger partial charge on any atom is -0.497 e. The zero-order valence-corrected chi connectivity index (χ0v) is 16.9. The number of unbranched alkanes of at least 4 members (excludes halogenated alkanes) is 6. The second-order valence-electron chi connectivity index (χ2n) is 7.03. The van der Waals surface area contributed by atoms with E-state index in [0.717, 1.165) is 42.2 Å². The number of methoxy groups -OCH3 is 1. The molecule has 0 unspecified atom stereocenters. The highest BCUT2D eigenvalue weighted by molar-refractivity contribution is 6.17. The van der Waals surface area contributed by atoms with Gasteiger partial charge in [0.1, 0.15) is 11.5 Å². The number of fused-ring (bicyclic) bond motifs is 2. The van der Waals surface area contributed by atoms with E-state index in [1.165, 1.54) is 48.3 Å². The summed E-state index contributed by atoms with van der Waals surface area (Å²) in [5.74, 6) is 2.63. The van der Waals surface area contributed by atoms with Crippen LogP contribution in [0.1, 0.15) is 44.9 Å². The number of benzene rings is 3. The standard InChI is InChI=1S/C24H29ClO2/c1-26-21-14-13-20-17-19-11-7-8-12-22(19)24(23(20)18-21)27-16-10-6-4-2-3-5-9-15-25/h7-8,11-14,17-18H,2-6,9-10,15-16H2,1H3. The van der Waals surface area contributed by atoms with Crippen molar-refractivity contribution in [2.24, 2.45) is 0 Å². The Morgan fingerprint density at radius 2 is 1.44 bits per heavy atom. The summed E-state index contributed by atoms with van der Waals surface area (Å²) in [6.45, 7) is 0.752. The van der Waals surface area contributed by atoms with E-state index in [1.54, 1.807) is 7.11 Å². The van der Waals surface area contributed by atoms with Gasteiger partial charge in [-0.05, 0) is 41.8 Å². The highest BCUT2D eigenvalue weighted by Gasteiger charge is 2.10. The van der Waals surface area contributed by atoms with Gasteiger partial charge in [-0.25, -0.2) is 0 Å². The van der Waals surface area contributed by atoms with Crippen molar-refractivity contribution in [2.45, 2.75) is 44.9 Å². The van der Waals surface area contributed by atoms with Crippen molar-refractivity contribution in [1.29, 1.82) is 0 Å². The summed E-state index contributed by atoms with van der Waals surface area (Å²) in [7, 11) is 1.70. The summed E-state index contributed by atoms with van der Waals surface area (Å²) in [5, 5.41) is 4.68. The topological polar surface area (TPSA) is 18.5 Å². The predicted molar refractivity (Wildman–Crippen MR) is 117 cm³/mol. The number of hydrogen-bond donors (Lipinski definition) is 0. The Labute approximate surface area is 167 Å². The predicted octanol–water partition coefficient (Wildman–Crippen LogP) is 7.35. The maximum atomic E-state index is 6.30. The number of ether oxygens (including phenoxy) is 2. The average molecular weight is 385 g/mol. The summed E-state index contributed by atoms with van der Waals surface area (Å²) in [4.78, 5) is 0. The summed E-state index contributed by atoms with van der Waals surface area (Å²) in [6, 6.07) is 16.8. The Hall–Kier alpha value is -1.93. The van der Waals surface area contributed by atoms with Gasteiger partial charge in [0.2, 0.25) is 0 Å². The molecule has 0 aliphatic heterocycles. The van der Waals surface area contributed by atoms with Gasteiger partial charge in [-0.2, -0.15) is 0 Å². The molecule has 27 heavy (non-hydrogen) atoms. The number of halogens is 1. The van der Waals surface area contributed by atoms with Gasteiger partial charge in [0.05, 0.1) is 13.7 Å². The SMILES string of the molecule is COc1ccc2cc3ccccc3c(OCCCCCCCCCCl)c2c1. The molecule has 0 heterocycles. The Kier molecular flexibility index (Phi) is 7.65. The van der Waals surface area contributed by atoms with Crippen LogP contribution < -0.4 is 9.47 Å². The van der Waals surface area contributed by atoms with Crippen molar-refractivity contribution in [3.8, 4) is 11.5 Å². The van der Waals surface area contributed by atoms with Crippen molar-refractivity contribution in [3.63, 3.8) is 0 Å². The van der Waals surface area contributed by atoms with Gasteiger partial charge in [0.25, 0.3) is 0 Å². The quantitative estimate of drug-likeness (QED) is 0.195. The van der Waals surface area contributed by atoms with E-state index in [1.807, 2.05) is 6.07 Å². The molecule has 0 saturated carbocycles. The van der Waals surface area contributed by atoms with Crippen molar-refractivity contribution in [1.82, 2.24) is 0 Å². The van der Waals surface area contributed by atoms with Crippen LogP contribution in [0.5, 0.6) is 11.5 Å². The molecule has 0 atom stereocenters. The van der Waals surface area contributed by atoms with E-state index in [0.29, 0.717) is 0 Å². The molecular formula is C24H29ClO2. The van der Waals surface area contributed by atoms with Crippen molar-refractivity contribution in [2.75, 3.05) is 19.6 Å². The van der Waals surface area contributed by atoms with Crippen LogP contribution in [0.25, 0.3) is 21.5 Å². The zero-order chi connectivity index (χ0) is 18.9. The third-order valence-electron chi connectivity index (χ3n) is 5.05. The molecule has 0 bridgehead atoms. The molecule has 0 amide bonds. The first-order chi connectivity index (χ1) is 13.3. The summed E-state index contributed by atoms with van der Waals surface area (Å²) >= 11 is 5.72. The fraction of sp³-hybridized carbons (Fsp3) is 0.417. The third kappa shape index (κ3) is 5.29. The second-order valence-corrected chi connectivity index (χ2v) is 7.40. The molecule has 0 fully saturated rings. The van der Waals surface area contributed by atoms with Crippen LogP contribution in [-0.2, 0) is 0 Å². The van der Waals surface area contributed by atoms with Gasteiger partial charge in [0, 0.05) is 16.7 Å². The first-order valence-corrected chi connectivity index (χ1v) is 10.5. The molecule has 144 valence electrons. The van der Waals surface area contributed by atoms with Crippen LogP contribution in [0.3, 0.4) is 0 Å². The van der Waals surface area contributed by atoms with Crippen molar-refractivity contribution in [3.05, 3.63) is 48.5 Å². The van der Waals surface area contributed by atoms with Gasteiger partial charge in [-0.15, -0.1) is 11.6 Å². The van der Waals surface area contributed by atoms with Gasteiger partial charge >= 0.3 is 0 Å². The van der Waals surface area contributed by atoms with E-state index in [4.69, 9.17) is 21.1 Å². The van der Waals surface area contributed by atoms with E-state index in [-0.39, 0.29) is 0 Å². The lowest BCUT2D eigenvalue weighted by Gasteiger charge is -2.14. The highest BCUT2D eigenvalue weighted by Crippen LogP contribution is 2.36. The van der Waals surface area contributed by atoms with Crippen LogP contribution in [0.15, 0.2) is 48.5 Å². The van der Waals surface area contributed by atoms with Crippen LogP contribution in [0.4, 0.5) is 0 Å². The summed E-state index contributed by atoms with van der Waals surface area (Å²) < 4.78 is 11.7. The lowest BCUT2D eigenvalue weighted by Crippen LogP contribution is -1.99. The van der Waals surface area contributed by atoms with Crippen LogP contribution in [0, 0.1) is 0 Å². The van der Waals surface area contributed by atoms with Crippen molar-refractivity contribution < 1.29 is 9.47 Å². The highest BCUT2D eigenvalue weighted by atomic mass is 35.5. The van der Waals surface area contributed by atoms with E-state index in [9.17, 15) is 0 Å². The maximum absolute atomic E-state index is 6.30. The molecule has 3 rings (SSSR count). The normalized spacial score (nSPS) is 11.2. The molecule has 3 heteroatoms. The first kappa shape index (κ1) is 19.8. The molecule has 3 aromatic rings. The first-order valence-electron chi connectivity index (χ1n) is 10.0. The molecule has 0 N–H and O–H groups in total. The number of hydrogen-bond acceptors (Lipinski definition) is 2. The molecule has 0 aliphatic carbocycles. The Bertz CT molecular complexity index is 859. The monoisotopic (exact) mass is 384 g/mol. The lowest BCUT2D eigenvalue weighted by atomic mass is 10.0. The van der Waals surface area contributed by atoms with E-state index in [2.05, 4.69) is 42.5 Å². The van der Waals surface area contributed by atoms with E-state index >= 15 is 0 Å². The van der Waals surface area contributed by atoms with Gasteiger partial charge in [-0.3, -0.25) is 0 Å². The molecule has 0 aromatic heterocycles. The maximum Gasteiger partial charge on any atom is 0.135 e. The molecule has 0 spiro atoms. The number of alkyl halides is 1. The van der Waals surface area contributed by atoms with E-state index < -0.39 is 0 Å². The van der Waals surface area contributed by atoms with Crippen LogP contribution in [-0.4, -0.2) is 19.6 Å². The molecular weight excluding hydrogens is 356 g/mol. The fourth-order valence-corrected chi connectivity index (χ4v) is 3.73. The smallest absolute Gasteiger partial charge is 0.135 e. The molecule has 0 saturated heterocycles. The Morgan fingerprint density at radius 1 is 0.741 bits per heavy atom. The van der Waals surface area contributed by atoms with Crippen LogP contribution in [0.2, 0.25) is 0 Å². The third-order valence-corrected chi connectivity index (χ3v) is 5.31. The molecule has 3 aromatic carbocycles. The molecule has 0 aliphatic rings. The molecule has 0 radical (unpaired) electrons. The van der Waals surface area contributed by atoms with Gasteiger partial charge in [-0.1, -0.05) is 62.4 Å². The molecule has 2 nitrogen and oxygen atoms in total. The Morgan fingerprint density at radius 3 is 2.22 bits per heavy atom. The minimum atomic E-state index is 0.752. The summed E-state index contributed by atoms with van der Waals surface area (Å²) in [5.41, 5.74) is 0. The van der Waals surface area contributed by atoms with Crippen LogP contribution >= 0.6 is 11.6 Å². The summed E-state index contributed by atoms with van der Waals surface area (Å²) in [6.07, 6.45) is 8.56. The van der Waals surface area contributed by atoms with Gasteiger partial charge in [0.15, 0.2) is 0 Å². The average Bonchev–Trinajstić information content (AvgIpc) is 2.71. The van der Waals surface area contributed by atoms with Crippen molar-refractivity contribution >= 4 is 33.1 Å². The number of rotatable bonds is 11. The second kappa shape index (κ2) is 10.4. The fourth-order valence-electron chi connectivity index (χ4n) is 3.54. The lowest BCUT2D eigenvalue weighted by molar-refractivity contribution is 0.311.